The van der Waals surface area contributed by atoms with Crippen LogP contribution in [0, 0.1) is 0 Å². The van der Waals surface area contributed by atoms with Gasteiger partial charge in [0, 0.05) is 5.56 Å². The number of rotatable bonds is 3. The van der Waals surface area contributed by atoms with Gasteiger partial charge in [-0.3, -0.25) is 4.55 Å². The maximum absolute atomic E-state index is 11.3. The molecule has 0 saturated carbocycles. The third-order valence-corrected chi connectivity index (χ3v) is 3.46. The Morgan fingerprint density at radius 2 is 1.72 bits per heavy atom. The van der Waals surface area contributed by atoms with Crippen LogP contribution in [0.25, 0.3) is 11.1 Å². The van der Waals surface area contributed by atoms with Gasteiger partial charge in [0.25, 0.3) is 10.1 Å². The molecule has 0 aliphatic heterocycles. The van der Waals surface area contributed by atoms with Gasteiger partial charge in [-0.1, -0.05) is 30.3 Å². The summed E-state index contributed by atoms with van der Waals surface area (Å²) in [5.74, 6) is 0.529. The van der Waals surface area contributed by atoms with Crippen LogP contribution in [0.15, 0.2) is 53.4 Å². The van der Waals surface area contributed by atoms with E-state index in [2.05, 4.69) is 0 Å². The first kappa shape index (κ1) is 12.6. The molecule has 2 rings (SSSR count). The summed E-state index contributed by atoms with van der Waals surface area (Å²) in [4.78, 5) is -0.130. The van der Waals surface area contributed by atoms with Crippen molar-refractivity contribution in [2.24, 2.45) is 0 Å². The minimum Gasteiger partial charge on any atom is -0.497 e. The van der Waals surface area contributed by atoms with E-state index in [0.29, 0.717) is 16.9 Å². The van der Waals surface area contributed by atoms with Gasteiger partial charge in [-0.15, -0.1) is 0 Å². The molecule has 94 valence electrons. The van der Waals surface area contributed by atoms with Gasteiger partial charge in [-0.2, -0.15) is 8.42 Å². The number of hydrogen-bond donors (Lipinski definition) is 1. The topological polar surface area (TPSA) is 63.6 Å². The SMILES string of the molecule is COc1ccc(S(=O)(=O)O)c(-c2ccccc2)c1. The summed E-state index contributed by atoms with van der Waals surface area (Å²) in [7, 11) is -2.76. The van der Waals surface area contributed by atoms with Gasteiger partial charge in [0.1, 0.15) is 10.6 Å². The van der Waals surface area contributed by atoms with Crippen molar-refractivity contribution in [2.45, 2.75) is 4.90 Å². The normalized spacial score (nSPS) is 11.2. The van der Waals surface area contributed by atoms with Crippen molar-refractivity contribution in [3.63, 3.8) is 0 Å². The fourth-order valence-electron chi connectivity index (χ4n) is 1.70. The molecule has 0 fully saturated rings. The van der Waals surface area contributed by atoms with E-state index >= 15 is 0 Å². The van der Waals surface area contributed by atoms with Crippen LogP contribution in [0.5, 0.6) is 5.75 Å². The lowest BCUT2D eigenvalue weighted by Gasteiger charge is -2.09. The summed E-state index contributed by atoms with van der Waals surface area (Å²) in [6.07, 6.45) is 0. The van der Waals surface area contributed by atoms with Crippen molar-refractivity contribution in [1.82, 2.24) is 0 Å². The molecule has 0 aliphatic rings. The number of methoxy groups -OCH3 is 1. The third-order valence-electron chi connectivity index (χ3n) is 2.55. The van der Waals surface area contributed by atoms with Gasteiger partial charge in [-0.05, 0) is 23.8 Å². The van der Waals surface area contributed by atoms with Crippen molar-refractivity contribution < 1.29 is 17.7 Å². The summed E-state index contributed by atoms with van der Waals surface area (Å²) in [6, 6.07) is 13.4. The van der Waals surface area contributed by atoms with Crippen LogP contribution in [0.3, 0.4) is 0 Å². The quantitative estimate of drug-likeness (QED) is 0.865. The number of ether oxygens (including phenoxy) is 1. The Bertz CT molecular complexity index is 648. The Balaban J connectivity index is 2.70. The minimum absolute atomic E-state index is 0.130. The van der Waals surface area contributed by atoms with Crippen molar-refractivity contribution >= 4 is 10.1 Å². The standard InChI is InChI=1S/C13H12O4S/c1-17-11-7-8-13(18(14,15)16)12(9-11)10-5-3-2-4-6-10/h2-9H,1H3,(H,14,15,16). The van der Waals surface area contributed by atoms with Gasteiger partial charge >= 0.3 is 0 Å². The summed E-state index contributed by atoms with van der Waals surface area (Å²) >= 11 is 0. The summed E-state index contributed by atoms with van der Waals surface area (Å²) < 4.78 is 37.0. The zero-order valence-electron chi connectivity index (χ0n) is 9.70. The predicted molar refractivity (Wildman–Crippen MR) is 68.2 cm³/mol. The summed E-state index contributed by atoms with van der Waals surface area (Å²) in [6.45, 7) is 0. The van der Waals surface area contributed by atoms with Gasteiger partial charge in [-0.25, -0.2) is 0 Å². The van der Waals surface area contributed by atoms with E-state index in [0.717, 1.165) is 0 Å². The molecule has 2 aromatic rings. The Morgan fingerprint density at radius 1 is 1.06 bits per heavy atom. The largest absolute Gasteiger partial charge is 0.497 e. The first-order chi connectivity index (χ1) is 8.52. The van der Waals surface area contributed by atoms with Crippen molar-refractivity contribution in [3.8, 4) is 16.9 Å². The molecule has 4 nitrogen and oxygen atoms in total. The molecule has 0 aromatic heterocycles. The second-order valence-corrected chi connectivity index (χ2v) is 5.09. The van der Waals surface area contributed by atoms with Crippen LogP contribution in [0.4, 0.5) is 0 Å². The molecule has 0 heterocycles. The number of hydrogen-bond acceptors (Lipinski definition) is 3. The molecule has 0 radical (unpaired) electrons. The Hall–Kier alpha value is -1.85. The molecule has 1 N–H and O–H groups in total. The van der Waals surface area contributed by atoms with Gasteiger partial charge < -0.3 is 4.74 Å². The molecule has 2 aromatic carbocycles. The summed E-state index contributed by atoms with van der Waals surface area (Å²) in [5.41, 5.74) is 1.11. The average Bonchev–Trinajstić information content (AvgIpc) is 2.38. The molecule has 5 heteroatoms. The van der Waals surface area contributed by atoms with E-state index in [1.54, 1.807) is 30.3 Å². The van der Waals surface area contributed by atoms with Gasteiger partial charge in [0.2, 0.25) is 0 Å². The van der Waals surface area contributed by atoms with Crippen LogP contribution in [-0.2, 0) is 10.1 Å². The highest BCUT2D eigenvalue weighted by Crippen LogP contribution is 2.30. The summed E-state index contributed by atoms with van der Waals surface area (Å²) in [5, 5.41) is 0. The highest BCUT2D eigenvalue weighted by atomic mass is 32.2. The number of benzene rings is 2. The maximum atomic E-state index is 11.3. The second kappa shape index (κ2) is 4.80. The lowest BCUT2D eigenvalue weighted by atomic mass is 10.1. The van der Waals surface area contributed by atoms with Gasteiger partial charge in [0.15, 0.2) is 0 Å². The predicted octanol–water partition coefficient (Wildman–Crippen LogP) is 2.61. The first-order valence-corrected chi connectivity index (χ1v) is 6.67. The molecule has 0 aliphatic carbocycles. The van der Waals surface area contributed by atoms with Gasteiger partial charge in [0.05, 0.1) is 7.11 Å². The molecule has 0 amide bonds. The minimum atomic E-state index is -4.26. The molecule has 0 bridgehead atoms. The van der Waals surface area contributed by atoms with Crippen LogP contribution in [0.2, 0.25) is 0 Å². The zero-order chi connectivity index (χ0) is 13.2. The maximum Gasteiger partial charge on any atom is 0.295 e. The van der Waals surface area contributed by atoms with E-state index in [-0.39, 0.29) is 4.90 Å². The first-order valence-electron chi connectivity index (χ1n) is 5.23. The van der Waals surface area contributed by atoms with E-state index in [9.17, 15) is 13.0 Å². The van der Waals surface area contributed by atoms with Crippen molar-refractivity contribution in [3.05, 3.63) is 48.5 Å². The Morgan fingerprint density at radius 3 is 2.28 bits per heavy atom. The average molecular weight is 264 g/mol. The molecule has 0 saturated heterocycles. The highest BCUT2D eigenvalue weighted by Gasteiger charge is 2.17. The Labute approximate surface area is 106 Å². The van der Waals surface area contributed by atoms with Crippen LogP contribution < -0.4 is 4.74 Å². The molecular formula is C13H12O4S. The van der Waals surface area contributed by atoms with E-state index < -0.39 is 10.1 Å². The third kappa shape index (κ3) is 2.52. The smallest absolute Gasteiger partial charge is 0.295 e. The van der Waals surface area contributed by atoms with Crippen LogP contribution >= 0.6 is 0 Å². The van der Waals surface area contributed by atoms with Crippen molar-refractivity contribution in [2.75, 3.05) is 7.11 Å². The Kier molecular flexibility index (Phi) is 3.36. The molecule has 0 spiro atoms. The van der Waals surface area contributed by atoms with E-state index in [1.807, 2.05) is 6.07 Å². The fraction of sp³-hybridized carbons (Fsp3) is 0.0769. The lowest BCUT2D eigenvalue weighted by Crippen LogP contribution is -2.01. The second-order valence-electron chi connectivity index (χ2n) is 3.70. The van der Waals surface area contributed by atoms with E-state index in [4.69, 9.17) is 4.74 Å². The zero-order valence-corrected chi connectivity index (χ0v) is 10.5. The van der Waals surface area contributed by atoms with Crippen LogP contribution in [0.1, 0.15) is 0 Å². The lowest BCUT2D eigenvalue weighted by molar-refractivity contribution is 0.414. The fourth-order valence-corrected chi connectivity index (χ4v) is 2.40. The molecular weight excluding hydrogens is 252 g/mol. The van der Waals surface area contributed by atoms with E-state index in [1.165, 1.54) is 19.2 Å². The van der Waals surface area contributed by atoms with Crippen LogP contribution in [-0.4, -0.2) is 20.1 Å². The molecule has 0 atom stereocenters. The monoisotopic (exact) mass is 264 g/mol. The van der Waals surface area contributed by atoms with Crippen molar-refractivity contribution in [1.29, 1.82) is 0 Å². The molecule has 18 heavy (non-hydrogen) atoms. The highest BCUT2D eigenvalue weighted by molar-refractivity contribution is 7.86. The molecule has 0 unspecified atom stereocenters.